The number of benzene rings is 1. The SMILES string of the molecule is CCCOc1cccc(CNC(=O)CN2CCNCC2c2cccnc2)c1.Cl. The molecule has 1 atom stereocenters. The smallest absolute Gasteiger partial charge is 0.234 e. The van der Waals surface area contributed by atoms with Crippen LogP contribution in [0.5, 0.6) is 5.75 Å². The largest absolute Gasteiger partial charge is 0.494 e. The number of nitrogens with zero attached hydrogens (tertiary/aromatic N) is 2. The predicted octanol–water partition coefficient (Wildman–Crippen LogP) is 2.55. The molecule has 1 amide bonds. The van der Waals surface area contributed by atoms with Crippen molar-refractivity contribution in [1.29, 1.82) is 0 Å². The molecule has 1 aromatic carbocycles. The molecule has 2 N–H and O–H groups in total. The fraction of sp³-hybridized carbons (Fsp3) is 0.429. The molecule has 6 nitrogen and oxygen atoms in total. The van der Waals surface area contributed by atoms with Gasteiger partial charge in [0.05, 0.1) is 13.2 Å². The third-order valence-corrected chi connectivity index (χ3v) is 4.63. The third-order valence-electron chi connectivity index (χ3n) is 4.63. The van der Waals surface area contributed by atoms with Crippen LogP contribution in [0.15, 0.2) is 48.8 Å². The summed E-state index contributed by atoms with van der Waals surface area (Å²) in [5, 5.41) is 6.43. The molecule has 1 aliphatic heterocycles. The zero-order valence-corrected chi connectivity index (χ0v) is 17.1. The van der Waals surface area contributed by atoms with Gasteiger partial charge in [0.25, 0.3) is 0 Å². The molecule has 1 fully saturated rings. The number of amides is 1. The lowest BCUT2D eigenvalue weighted by Crippen LogP contribution is -2.49. The van der Waals surface area contributed by atoms with E-state index < -0.39 is 0 Å². The Morgan fingerprint density at radius 1 is 1.36 bits per heavy atom. The third kappa shape index (κ3) is 6.48. The normalized spacial score (nSPS) is 16.8. The molecule has 0 aliphatic carbocycles. The molecule has 1 aromatic heterocycles. The Morgan fingerprint density at radius 2 is 2.25 bits per heavy atom. The fourth-order valence-corrected chi connectivity index (χ4v) is 3.24. The van der Waals surface area contributed by atoms with Crippen LogP contribution >= 0.6 is 12.4 Å². The van der Waals surface area contributed by atoms with Crippen molar-refractivity contribution in [3.63, 3.8) is 0 Å². The Balaban J connectivity index is 0.00000280. The van der Waals surface area contributed by atoms with Crippen LogP contribution in [-0.2, 0) is 11.3 Å². The van der Waals surface area contributed by atoms with Crippen molar-refractivity contribution in [2.24, 2.45) is 0 Å². The van der Waals surface area contributed by atoms with Gasteiger partial charge in [0.1, 0.15) is 5.75 Å². The average molecular weight is 405 g/mol. The molecular weight excluding hydrogens is 376 g/mol. The van der Waals surface area contributed by atoms with E-state index in [0.717, 1.165) is 42.9 Å². The second kappa shape index (κ2) is 11.6. The molecule has 1 aliphatic rings. The highest BCUT2D eigenvalue weighted by Crippen LogP contribution is 2.20. The van der Waals surface area contributed by atoms with Gasteiger partial charge in [-0.1, -0.05) is 25.1 Å². The second-order valence-electron chi connectivity index (χ2n) is 6.75. The lowest BCUT2D eigenvalue weighted by atomic mass is 10.1. The number of pyridine rings is 1. The molecule has 1 unspecified atom stereocenters. The van der Waals surface area contributed by atoms with Gasteiger partial charge >= 0.3 is 0 Å². The van der Waals surface area contributed by atoms with Crippen LogP contribution in [0.2, 0.25) is 0 Å². The van der Waals surface area contributed by atoms with E-state index in [4.69, 9.17) is 4.74 Å². The van der Waals surface area contributed by atoms with Gasteiger partial charge in [-0.2, -0.15) is 0 Å². The highest BCUT2D eigenvalue weighted by molar-refractivity contribution is 5.85. The molecule has 0 spiro atoms. The molecule has 2 heterocycles. The van der Waals surface area contributed by atoms with Gasteiger partial charge in [0, 0.05) is 44.6 Å². The summed E-state index contributed by atoms with van der Waals surface area (Å²) < 4.78 is 5.65. The Morgan fingerprint density at radius 3 is 3.04 bits per heavy atom. The number of ether oxygens (including phenoxy) is 1. The quantitative estimate of drug-likeness (QED) is 0.707. The molecule has 28 heavy (non-hydrogen) atoms. The number of nitrogens with one attached hydrogen (secondary N) is 2. The number of carbonyl (C=O) groups is 1. The molecule has 7 heteroatoms. The van der Waals surface area contributed by atoms with E-state index in [2.05, 4.69) is 33.5 Å². The van der Waals surface area contributed by atoms with E-state index in [0.29, 0.717) is 19.7 Å². The summed E-state index contributed by atoms with van der Waals surface area (Å²) >= 11 is 0. The highest BCUT2D eigenvalue weighted by atomic mass is 35.5. The van der Waals surface area contributed by atoms with Crippen molar-refractivity contribution in [3.8, 4) is 5.75 Å². The predicted molar refractivity (Wildman–Crippen MR) is 113 cm³/mol. The summed E-state index contributed by atoms with van der Waals surface area (Å²) in [5.74, 6) is 0.882. The zero-order valence-electron chi connectivity index (χ0n) is 16.3. The van der Waals surface area contributed by atoms with Crippen LogP contribution in [0, 0.1) is 0 Å². The first-order valence-corrected chi connectivity index (χ1v) is 9.59. The Kier molecular flexibility index (Phi) is 9.20. The number of aromatic nitrogens is 1. The summed E-state index contributed by atoms with van der Waals surface area (Å²) in [7, 11) is 0. The second-order valence-corrected chi connectivity index (χ2v) is 6.75. The van der Waals surface area contributed by atoms with Crippen molar-refractivity contribution in [2.45, 2.75) is 25.9 Å². The first-order chi connectivity index (χ1) is 13.3. The summed E-state index contributed by atoms with van der Waals surface area (Å²) in [6, 6.07) is 12.1. The average Bonchev–Trinajstić information content (AvgIpc) is 2.72. The van der Waals surface area contributed by atoms with Gasteiger partial charge in [-0.15, -0.1) is 12.4 Å². The molecule has 152 valence electrons. The fourth-order valence-electron chi connectivity index (χ4n) is 3.24. The molecular formula is C21H29ClN4O2. The Hall–Kier alpha value is -2.15. The topological polar surface area (TPSA) is 66.5 Å². The van der Waals surface area contributed by atoms with E-state index in [1.165, 1.54) is 0 Å². The van der Waals surface area contributed by atoms with Gasteiger partial charge in [0.15, 0.2) is 0 Å². The summed E-state index contributed by atoms with van der Waals surface area (Å²) in [6.45, 7) is 6.23. The first kappa shape index (κ1) is 22.1. The maximum atomic E-state index is 12.5. The van der Waals surface area contributed by atoms with Crippen LogP contribution in [0.1, 0.15) is 30.5 Å². The maximum Gasteiger partial charge on any atom is 0.234 e. The van der Waals surface area contributed by atoms with E-state index in [1.54, 1.807) is 6.20 Å². The molecule has 0 saturated carbocycles. The number of rotatable bonds is 8. The molecule has 0 bridgehead atoms. The highest BCUT2D eigenvalue weighted by Gasteiger charge is 2.25. The van der Waals surface area contributed by atoms with Gasteiger partial charge < -0.3 is 15.4 Å². The van der Waals surface area contributed by atoms with E-state index in [9.17, 15) is 4.79 Å². The van der Waals surface area contributed by atoms with Gasteiger partial charge in [-0.3, -0.25) is 14.7 Å². The van der Waals surface area contributed by atoms with E-state index >= 15 is 0 Å². The van der Waals surface area contributed by atoms with Crippen LogP contribution in [0.25, 0.3) is 0 Å². The van der Waals surface area contributed by atoms with Crippen molar-refractivity contribution in [3.05, 3.63) is 59.9 Å². The monoisotopic (exact) mass is 404 g/mol. The zero-order chi connectivity index (χ0) is 18.9. The minimum absolute atomic E-state index is 0. The lowest BCUT2D eigenvalue weighted by Gasteiger charge is -2.35. The molecule has 0 radical (unpaired) electrons. The number of halogens is 1. The number of hydrogen-bond donors (Lipinski definition) is 2. The van der Waals surface area contributed by atoms with Crippen LogP contribution in [0.3, 0.4) is 0 Å². The summed E-state index contributed by atoms with van der Waals surface area (Å²) in [4.78, 5) is 18.9. The Labute approximate surface area is 173 Å². The Bertz CT molecular complexity index is 729. The lowest BCUT2D eigenvalue weighted by molar-refractivity contribution is -0.123. The number of hydrogen-bond acceptors (Lipinski definition) is 5. The molecule has 3 rings (SSSR count). The molecule has 1 saturated heterocycles. The van der Waals surface area contributed by atoms with Crippen molar-refractivity contribution in [1.82, 2.24) is 20.5 Å². The van der Waals surface area contributed by atoms with Crippen LogP contribution in [0.4, 0.5) is 0 Å². The van der Waals surface area contributed by atoms with Gasteiger partial charge in [0.2, 0.25) is 5.91 Å². The minimum Gasteiger partial charge on any atom is -0.494 e. The van der Waals surface area contributed by atoms with Gasteiger partial charge in [-0.25, -0.2) is 0 Å². The first-order valence-electron chi connectivity index (χ1n) is 9.59. The van der Waals surface area contributed by atoms with Crippen molar-refractivity contribution >= 4 is 18.3 Å². The standard InChI is InChI=1S/C21H28N4O2.ClH/c1-2-11-27-19-7-3-5-17(12-19)13-24-21(26)16-25-10-9-23-15-20(25)18-6-4-8-22-14-18;/h3-8,12,14,20,23H,2,9-11,13,15-16H2,1H3,(H,24,26);1H. The van der Waals surface area contributed by atoms with Crippen molar-refractivity contribution in [2.75, 3.05) is 32.8 Å². The summed E-state index contributed by atoms with van der Waals surface area (Å²) in [5.41, 5.74) is 2.18. The van der Waals surface area contributed by atoms with Crippen molar-refractivity contribution < 1.29 is 9.53 Å². The van der Waals surface area contributed by atoms with Crippen LogP contribution < -0.4 is 15.4 Å². The number of carbonyl (C=O) groups excluding carboxylic acids is 1. The van der Waals surface area contributed by atoms with E-state index in [-0.39, 0.29) is 24.4 Å². The summed E-state index contributed by atoms with van der Waals surface area (Å²) in [6.07, 6.45) is 4.63. The maximum absolute atomic E-state index is 12.5. The minimum atomic E-state index is 0. The van der Waals surface area contributed by atoms with E-state index in [1.807, 2.05) is 36.5 Å². The van der Waals surface area contributed by atoms with Gasteiger partial charge in [-0.05, 0) is 35.7 Å². The molecule has 2 aromatic rings. The van der Waals surface area contributed by atoms with Crippen LogP contribution in [-0.4, -0.2) is 48.6 Å². The number of piperazine rings is 1.